The molecule has 0 radical (unpaired) electrons. The van der Waals surface area contributed by atoms with E-state index in [2.05, 4.69) is 10.6 Å². The molecule has 45 heavy (non-hydrogen) atoms. The first kappa shape index (κ1) is 37.3. The molecule has 0 heterocycles. The van der Waals surface area contributed by atoms with Gasteiger partial charge in [0, 0.05) is 13.0 Å². The minimum absolute atomic E-state index is 0.208. The number of nitrogens with one attached hydrogen (secondary N) is 2. The summed E-state index contributed by atoms with van der Waals surface area (Å²) in [6.45, 7) is 18.4. The lowest BCUT2D eigenvalue weighted by molar-refractivity contribution is -0.159. The van der Waals surface area contributed by atoms with Gasteiger partial charge in [0.05, 0.1) is 0 Å². The molecule has 0 bridgehead atoms. The molecule has 0 aliphatic heterocycles. The second kappa shape index (κ2) is 16.4. The van der Waals surface area contributed by atoms with Crippen LogP contribution in [0.1, 0.15) is 97.9 Å². The van der Waals surface area contributed by atoms with Gasteiger partial charge in [0.1, 0.15) is 29.3 Å². The number of carbonyl (C=O) groups is 4. The number of benzene rings is 2. The summed E-state index contributed by atoms with van der Waals surface area (Å²) >= 11 is 0. The van der Waals surface area contributed by atoms with Crippen LogP contribution in [-0.4, -0.2) is 58.6 Å². The number of carbonyl (C=O) groups excluding carboxylic acids is 4. The van der Waals surface area contributed by atoms with Crippen molar-refractivity contribution < 1.29 is 28.7 Å². The fourth-order valence-corrected chi connectivity index (χ4v) is 4.91. The number of ether oxygens (including phenoxy) is 2. The summed E-state index contributed by atoms with van der Waals surface area (Å²) in [5, 5.41) is 5.72. The maximum absolute atomic E-state index is 14.4. The minimum atomic E-state index is -1.08. The smallest absolute Gasteiger partial charge is 0.408 e. The van der Waals surface area contributed by atoms with Gasteiger partial charge in [-0.3, -0.25) is 9.59 Å². The summed E-state index contributed by atoms with van der Waals surface area (Å²) < 4.78 is 11.2. The lowest BCUT2D eigenvalue weighted by atomic mass is 9.94. The molecule has 2 rings (SSSR count). The Balaban J connectivity index is 2.60. The highest BCUT2D eigenvalue weighted by Gasteiger charge is 2.39. The molecular weight excluding hydrogens is 570 g/mol. The summed E-state index contributed by atoms with van der Waals surface area (Å²) in [5.41, 5.74) is 0.756. The van der Waals surface area contributed by atoms with E-state index < -0.39 is 53.2 Å². The fourth-order valence-electron chi connectivity index (χ4n) is 4.91. The van der Waals surface area contributed by atoms with Crippen molar-refractivity contribution in [2.45, 2.75) is 118 Å². The van der Waals surface area contributed by atoms with Gasteiger partial charge in [0.2, 0.25) is 11.8 Å². The van der Waals surface area contributed by atoms with Crippen molar-refractivity contribution in [3.8, 4) is 0 Å². The number of esters is 1. The highest BCUT2D eigenvalue weighted by Crippen LogP contribution is 2.28. The molecule has 0 fully saturated rings. The summed E-state index contributed by atoms with van der Waals surface area (Å²) in [7, 11) is 0. The maximum atomic E-state index is 14.4. The number of amides is 3. The molecule has 4 atom stereocenters. The van der Waals surface area contributed by atoms with Crippen LogP contribution in [0, 0.1) is 12.8 Å². The second-order valence-electron chi connectivity index (χ2n) is 13.6. The largest absolute Gasteiger partial charge is 0.458 e. The molecule has 9 nitrogen and oxygen atoms in total. The zero-order valence-corrected chi connectivity index (χ0v) is 28.7. The average molecular weight is 624 g/mol. The van der Waals surface area contributed by atoms with E-state index in [-0.39, 0.29) is 18.9 Å². The van der Waals surface area contributed by atoms with Crippen LogP contribution in [0.2, 0.25) is 0 Å². The van der Waals surface area contributed by atoms with E-state index in [4.69, 9.17) is 9.47 Å². The summed E-state index contributed by atoms with van der Waals surface area (Å²) in [6, 6.07) is 13.7. The molecule has 248 valence electrons. The van der Waals surface area contributed by atoms with Crippen LogP contribution in [0.4, 0.5) is 4.79 Å². The van der Waals surface area contributed by atoms with Crippen LogP contribution in [0.15, 0.2) is 54.6 Å². The van der Waals surface area contributed by atoms with Crippen LogP contribution in [0.3, 0.4) is 0 Å². The van der Waals surface area contributed by atoms with Crippen LogP contribution < -0.4 is 10.6 Å². The summed E-state index contributed by atoms with van der Waals surface area (Å²) in [6.07, 6.45) is 0.660. The summed E-state index contributed by atoms with van der Waals surface area (Å²) in [5.74, 6) is -1.74. The maximum Gasteiger partial charge on any atom is 0.408 e. The Kier molecular flexibility index (Phi) is 13.6. The Morgan fingerprint density at radius 2 is 1.40 bits per heavy atom. The molecule has 0 aromatic heterocycles. The number of hydrogen-bond donors (Lipinski definition) is 2. The Morgan fingerprint density at radius 1 is 0.822 bits per heavy atom. The van der Waals surface area contributed by atoms with Crippen LogP contribution in [-0.2, 0) is 30.3 Å². The molecule has 9 heteroatoms. The van der Waals surface area contributed by atoms with Crippen LogP contribution in [0.5, 0.6) is 0 Å². The Morgan fingerprint density at radius 3 is 1.93 bits per heavy atom. The van der Waals surface area contributed by atoms with Gasteiger partial charge < -0.3 is 25.0 Å². The normalized spacial score (nSPS) is 14.4. The zero-order valence-electron chi connectivity index (χ0n) is 28.7. The SMILES string of the molecule is CCCN(C(=O)C(NC(=O)OC(C)(C)C)C(C)CC)C(C(=O)NC(Cc1ccccc1)C(=O)OC(C)(C)C)c1ccccc1C. The quantitative estimate of drug-likeness (QED) is 0.254. The summed E-state index contributed by atoms with van der Waals surface area (Å²) in [4.78, 5) is 56.7. The van der Waals surface area contributed by atoms with Gasteiger partial charge in [-0.2, -0.15) is 0 Å². The third-order valence-electron chi connectivity index (χ3n) is 7.23. The van der Waals surface area contributed by atoms with Crippen molar-refractivity contribution in [3.63, 3.8) is 0 Å². The first-order valence-corrected chi connectivity index (χ1v) is 15.9. The minimum Gasteiger partial charge on any atom is -0.458 e. The van der Waals surface area contributed by atoms with Crippen molar-refractivity contribution in [2.75, 3.05) is 6.54 Å². The fraction of sp³-hybridized carbons (Fsp3) is 0.556. The number of nitrogens with zero attached hydrogens (tertiary/aromatic N) is 1. The van der Waals surface area contributed by atoms with E-state index in [1.54, 1.807) is 41.5 Å². The van der Waals surface area contributed by atoms with Gasteiger partial charge in [-0.1, -0.05) is 81.8 Å². The van der Waals surface area contributed by atoms with E-state index in [1.165, 1.54) is 4.90 Å². The number of hydrogen-bond acceptors (Lipinski definition) is 6. The molecule has 0 aliphatic rings. The molecule has 2 aromatic carbocycles. The van der Waals surface area contributed by atoms with E-state index >= 15 is 0 Å². The molecular formula is C36H53N3O6. The van der Waals surface area contributed by atoms with E-state index in [9.17, 15) is 19.2 Å². The van der Waals surface area contributed by atoms with Gasteiger partial charge in [-0.25, -0.2) is 9.59 Å². The standard InChI is InChI=1S/C36H53N3O6/c1-11-22-39(32(41)29(24(3)12-2)38-34(43)45-36(8,9)10)30(27-21-17-16-18-25(27)4)31(40)37-28(33(42)44-35(5,6)7)23-26-19-14-13-15-20-26/h13-21,24,28-30H,11-12,22-23H2,1-10H3,(H,37,40)(H,38,43). The molecule has 4 unspecified atom stereocenters. The predicted molar refractivity (Wildman–Crippen MR) is 176 cm³/mol. The van der Waals surface area contributed by atoms with Gasteiger partial charge in [-0.15, -0.1) is 0 Å². The van der Waals surface area contributed by atoms with Gasteiger partial charge in [0.25, 0.3) is 0 Å². The van der Waals surface area contributed by atoms with Crippen molar-refractivity contribution in [1.82, 2.24) is 15.5 Å². The predicted octanol–water partition coefficient (Wildman–Crippen LogP) is 6.28. The molecule has 0 spiro atoms. The lowest BCUT2D eigenvalue weighted by Gasteiger charge is -2.37. The van der Waals surface area contributed by atoms with Crippen LogP contribution >= 0.6 is 0 Å². The van der Waals surface area contributed by atoms with E-state index in [0.717, 1.165) is 11.1 Å². The van der Waals surface area contributed by atoms with Gasteiger partial charge >= 0.3 is 12.1 Å². The topological polar surface area (TPSA) is 114 Å². The van der Waals surface area contributed by atoms with E-state index in [0.29, 0.717) is 18.4 Å². The number of aryl methyl sites for hydroxylation is 1. The zero-order chi connectivity index (χ0) is 33.9. The van der Waals surface area contributed by atoms with Crippen molar-refractivity contribution >= 4 is 23.9 Å². The molecule has 0 saturated heterocycles. The lowest BCUT2D eigenvalue weighted by Crippen LogP contribution is -2.56. The molecule has 0 aliphatic carbocycles. The molecule has 0 saturated carbocycles. The Labute approximate surface area is 269 Å². The molecule has 3 amide bonds. The Hall–Kier alpha value is -3.88. The first-order chi connectivity index (χ1) is 21.0. The molecule has 2 aromatic rings. The third kappa shape index (κ3) is 11.9. The van der Waals surface area contributed by atoms with Crippen molar-refractivity contribution in [3.05, 3.63) is 71.3 Å². The molecule has 2 N–H and O–H groups in total. The van der Waals surface area contributed by atoms with Crippen molar-refractivity contribution in [1.29, 1.82) is 0 Å². The van der Waals surface area contributed by atoms with Crippen molar-refractivity contribution in [2.24, 2.45) is 5.92 Å². The highest BCUT2D eigenvalue weighted by atomic mass is 16.6. The third-order valence-corrected chi connectivity index (χ3v) is 7.23. The monoisotopic (exact) mass is 623 g/mol. The average Bonchev–Trinajstić information content (AvgIpc) is 2.94. The van der Waals surface area contributed by atoms with Gasteiger partial charge in [0.15, 0.2) is 0 Å². The van der Waals surface area contributed by atoms with Crippen LogP contribution in [0.25, 0.3) is 0 Å². The Bertz CT molecular complexity index is 1280. The number of rotatable bonds is 13. The van der Waals surface area contributed by atoms with Gasteiger partial charge in [-0.05, 0) is 77.5 Å². The van der Waals surface area contributed by atoms with E-state index in [1.807, 2.05) is 82.3 Å². The first-order valence-electron chi connectivity index (χ1n) is 15.9. The number of alkyl carbamates (subject to hydrolysis) is 1. The highest BCUT2D eigenvalue weighted by molar-refractivity contribution is 5.94. The second-order valence-corrected chi connectivity index (χ2v) is 13.6.